The number of nitrogens with one attached hydrogen (secondary N) is 1. The summed E-state index contributed by atoms with van der Waals surface area (Å²) in [5, 5.41) is 5.49. The number of carbonyl (C=O) groups excluding carboxylic acids is 1. The Morgan fingerprint density at radius 2 is 2.00 bits per heavy atom. The van der Waals surface area contributed by atoms with Crippen LogP contribution in [0.4, 0.5) is 0 Å². The summed E-state index contributed by atoms with van der Waals surface area (Å²) in [5.41, 5.74) is 0. The Bertz CT molecular complexity index is 579. The molecular weight excluding hydrogens is 358 g/mol. The van der Waals surface area contributed by atoms with Gasteiger partial charge in [0.2, 0.25) is 5.91 Å². The largest absolute Gasteiger partial charge is 0.357 e. The smallest absolute Gasteiger partial charge is 0.242 e. The Kier molecular flexibility index (Phi) is 9.07. The van der Waals surface area contributed by atoms with Gasteiger partial charge in [0.25, 0.3) is 0 Å². The molecule has 1 aliphatic rings. The molecule has 1 amide bonds. The van der Waals surface area contributed by atoms with Gasteiger partial charge in [-0.25, -0.2) is 0 Å². The molecular formula is C20H35N5OS. The summed E-state index contributed by atoms with van der Waals surface area (Å²) in [4.78, 5) is 25.1. The molecule has 1 saturated heterocycles. The summed E-state index contributed by atoms with van der Waals surface area (Å²) >= 11 is 1.81. The average Bonchev–Trinajstić information content (AvgIpc) is 3.36. The lowest BCUT2D eigenvalue weighted by molar-refractivity contribution is -0.131. The molecule has 0 radical (unpaired) electrons. The monoisotopic (exact) mass is 393 g/mol. The Morgan fingerprint density at radius 3 is 2.56 bits per heavy atom. The predicted octanol–water partition coefficient (Wildman–Crippen LogP) is 2.65. The highest BCUT2D eigenvalue weighted by Crippen LogP contribution is 2.28. The standard InChI is InChI=1S/C20H35N5OS/c1-5-21-20(23(4)16-19(26)24(6-2)7-3)22-15-17(18-11-10-14-27-18)25-12-8-9-13-25/h10-11,14,17H,5-9,12-13,15-16H2,1-4H3,(H,21,22). The van der Waals surface area contributed by atoms with Gasteiger partial charge in [0.15, 0.2) is 5.96 Å². The van der Waals surface area contributed by atoms with Gasteiger partial charge in [-0.15, -0.1) is 11.3 Å². The molecule has 1 atom stereocenters. The number of aliphatic imine (C=N–C) groups is 1. The summed E-state index contributed by atoms with van der Waals surface area (Å²) < 4.78 is 0. The first-order valence-electron chi connectivity index (χ1n) is 10.1. The average molecular weight is 394 g/mol. The van der Waals surface area contributed by atoms with E-state index in [9.17, 15) is 4.79 Å². The predicted molar refractivity (Wildman–Crippen MR) is 114 cm³/mol. The molecule has 2 heterocycles. The molecule has 1 N–H and O–H groups in total. The zero-order valence-corrected chi connectivity index (χ0v) is 18.1. The quantitative estimate of drug-likeness (QED) is 0.518. The van der Waals surface area contributed by atoms with Gasteiger partial charge < -0.3 is 15.1 Å². The molecule has 6 nitrogen and oxygen atoms in total. The molecule has 0 aromatic carbocycles. The highest BCUT2D eigenvalue weighted by Gasteiger charge is 2.24. The van der Waals surface area contributed by atoms with E-state index in [0.717, 1.165) is 38.7 Å². The SMILES string of the molecule is CCNC(=NCC(c1cccs1)N1CCCC1)N(C)CC(=O)N(CC)CC. The highest BCUT2D eigenvalue weighted by molar-refractivity contribution is 7.10. The number of nitrogens with zero attached hydrogens (tertiary/aromatic N) is 4. The van der Waals surface area contributed by atoms with Gasteiger partial charge >= 0.3 is 0 Å². The zero-order valence-electron chi connectivity index (χ0n) is 17.3. The molecule has 7 heteroatoms. The van der Waals surface area contributed by atoms with Crippen LogP contribution in [0.15, 0.2) is 22.5 Å². The van der Waals surface area contributed by atoms with E-state index >= 15 is 0 Å². The molecule has 1 unspecified atom stereocenters. The first-order valence-corrected chi connectivity index (χ1v) is 11.0. The van der Waals surface area contributed by atoms with Crippen molar-refractivity contribution in [3.8, 4) is 0 Å². The van der Waals surface area contributed by atoms with Gasteiger partial charge in [-0.2, -0.15) is 0 Å². The number of carbonyl (C=O) groups is 1. The van der Waals surface area contributed by atoms with Crippen LogP contribution >= 0.6 is 11.3 Å². The van der Waals surface area contributed by atoms with Crippen LogP contribution in [0, 0.1) is 0 Å². The minimum Gasteiger partial charge on any atom is -0.357 e. The Hall–Kier alpha value is -1.60. The lowest BCUT2D eigenvalue weighted by atomic mass is 10.2. The van der Waals surface area contributed by atoms with Crippen molar-refractivity contribution in [1.82, 2.24) is 20.0 Å². The van der Waals surface area contributed by atoms with Crippen molar-refractivity contribution in [2.45, 2.75) is 39.7 Å². The summed E-state index contributed by atoms with van der Waals surface area (Å²) in [6, 6.07) is 4.66. The molecule has 1 aromatic heterocycles. The van der Waals surface area contributed by atoms with E-state index < -0.39 is 0 Å². The van der Waals surface area contributed by atoms with E-state index in [4.69, 9.17) is 4.99 Å². The van der Waals surface area contributed by atoms with Gasteiger partial charge in [0, 0.05) is 31.6 Å². The van der Waals surface area contributed by atoms with Crippen LogP contribution in [0.25, 0.3) is 0 Å². The maximum absolute atomic E-state index is 12.5. The number of hydrogen-bond donors (Lipinski definition) is 1. The fraction of sp³-hybridized carbons (Fsp3) is 0.700. The maximum atomic E-state index is 12.5. The van der Waals surface area contributed by atoms with Crippen LogP contribution in [0.3, 0.4) is 0 Å². The molecule has 1 fully saturated rings. The number of guanidine groups is 1. The minimum absolute atomic E-state index is 0.141. The van der Waals surface area contributed by atoms with Crippen molar-refractivity contribution >= 4 is 23.2 Å². The molecule has 1 aromatic rings. The van der Waals surface area contributed by atoms with E-state index in [1.54, 1.807) is 11.3 Å². The fourth-order valence-electron chi connectivity index (χ4n) is 3.52. The lowest BCUT2D eigenvalue weighted by Crippen LogP contribution is -2.46. The first-order chi connectivity index (χ1) is 13.1. The van der Waals surface area contributed by atoms with E-state index in [1.165, 1.54) is 17.7 Å². The van der Waals surface area contributed by atoms with Gasteiger partial charge in [-0.1, -0.05) is 6.07 Å². The van der Waals surface area contributed by atoms with Gasteiger partial charge in [-0.3, -0.25) is 14.7 Å². The summed E-state index contributed by atoms with van der Waals surface area (Å²) in [7, 11) is 1.94. The molecule has 0 bridgehead atoms. The normalized spacial score (nSPS) is 16.4. The third kappa shape index (κ3) is 6.21. The third-order valence-electron chi connectivity index (χ3n) is 5.05. The van der Waals surface area contributed by atoms with Crippen LogP contribution < -0.4 is 5.32 Å². The van der Waals surface area contributed by atoms with Crippen molar-refractivity contribution in [2.24, 2.45) is 4.99 Å². The lowest BCUT2D eigenvalue weighted by Gasteiger charge is -2.28. The molecule has 27 heavy (non-hydrogen) atoms. The van der Waals surface area contributed by atoms with E-state index in [2.05, 4.69) is 34.7 Å². The summed E-state index contributed by atoms with van der Waals surface area (Å²) in [6.07, 6.45) is 2.54. The van der Waals surface area contributed by atoms with Crippen molar-refractivity contribution < 1.29 is 4.79 Å². The third-order valence-corrected chi connectivity index (χ3v) is 6.03. The van der Waals surface area contributed by atoms with E-state index in [0.29, 0.717) is 19.1 Å². The van der Waals surface area contributed by atoms with Crippen LogP contribution in [0.2, 0.25) is 0 Å². The zero-order chi connectivity index (χ0) is 19.6. The second kappa shape index (κ2) is 11.3. The Labute approximate surface area is 168 Å². The van der Waals surface area contributed by atoms with Crippen molar-refractivity contribution in [2.75, 3.05) is 52.9 Å². The molecule has 1 aliphatic heterocycles. The fourth-order valence-corrected chi connectivity index (χ4v) is 4.37. The number of rotatable bonds is 9. The molecule has 2 rings (SSSR count). The van der Waals surface area contributed by atoms with Crippen molar-refractivity contribution in [3.05, 3.63) is 22.4 Å². The second-order valence-electron chi connectivity index (χ2n) is 6.89. The van der Waals surface area contributed by atoms with Crippen LogP contribution in [-0.4, -0.2) is 79.4 Å². The molecule has 0 saturated carbocycles. The van der Waals surface area contributed by atoms with E-state index in [1.807, 2.05) is 30.7 Å². The second-order valence-corrected chi connectivity index (χ2v) is 7.87. The van der Waals surface area contributed by atoms with E-state index in [-0.39, 0.29) is 5.91 Å². The topological polar surface area (TPSA) is 51.2 Å². The maximum Gasteiger partial charge on any atom is 0.242 e. The number of hydrogen-bond acceptors (Lipinski definition) is 4. The van der Waals surface area contributed by atoms with Crippen molar-refractivity contribution in [1.29, 1.82) is 0 Å². The Balaban J connectivity index is 2.08. The molecule has 0 spiro atoms. The Morgan fingerprint density at radius 1 is 1.30 bits per heavy atom. The van der Waals surface area contributed by atoms with Crippen molar-refractivity contribution in [3.63, 3.8) is 0 Å². The number of likely N-dealkylation sites (N-methyl/N-ethyl adjacent to an activating group) is 2. The van der Waals surface area contributed by atoms with Crippen LogP contribution in [0.1, 0.15) is 44.5 Å². The number of amides is 1. The van der Waals surface area contributed by atoms with Crippen LogP contribution in [-0.2, 0) is 4.79 Å². The van der Waals surface area contributed by atoms with Gasteiger partial charge in [0.05, 0.1) is 19.1 Å². The summed E-state index contributed by atoms with van der Waals surface area (Å²) in [6.45, 7) is 11.7. The highest BCUT2D eigenvalue weighted by atomic mass is 32.1. The van der Waals surface area contributed by atoms with Gasteiger partial charge in [0.1, 0.15) is 0 Å². The summed E-state index contributed by atoms with van der Waals surface area (Å²) in [5.74, 6) is 0.946. The first kappa shape index (κ1) is 21.7. The number of likely N-dealkylation sites (tertiary alicyclic amines) is 1. The molecule has 152 valence electrons. The van der Waals surface area contributed by atoms with Gasteiger partial charge in [-0.05, 0) is 58.1 Å². The van der Waals surface area contributed by atoms with Crippen LogP contribution in [0.5, 0.6) is 0 Å². The minimum atomic E-state index is 0.141. The molecule has 0 aliphatic carbocycles. The number of thiophene rings is 1.